The van der Waals surface area contributed by atoms with Gasteiger partial charge in [-0.25, -0.2) is 0 Å². The van der Waals surface area contributed by atoms with E-state index in [0.29, 0.717) is 12.5 Å². The molecule has 4 aliphatic rings. The van der Waals surface area contributed by atoms with Crippen molar-refractivity contribution in [2.24, 2.45) is 16.3 Å². The molecule has 21 heavy (non-hydrogen) atoms. The van der Waals surface area contributed by atoms with Crippen LogP contribution in [0.25, 0.3) is 0 Å². The van der Waals surface area contributed by atoms with E-state index in [4.69, 9.17) is 11.6 Å². The van der Waals surface area contributed by atoms with Crippen molar-refractivity contribution in [2.75, 3.05) is 6.54 Å². The van der Waals surface area contributed by atoms with Gasteiger partial charge in [0.1, 0.15) is 0 Å². The Morgan fingerprint density at radius 2 is 2.29 bits per heavy atom. The van der Waals surface area contributed by atoms with Crippen LogP contribution in [0.4, 0.5) is 0 Å². The molecular weight excluding hydrogens is 282 g/mol. The molecule has 2 aliphatic heterocycles. The topological polar surface area (TPSA) is 39.4 Å². The van der Waals surface area contributed by atoms with Gasteiger partial charge in [-0.05, 0) is 42.4 Å². The number of allylic oxidation sites excluding steroid dienone is 4. The Morgan fingerprint density at radius 3 is 3.05 bits per heavy atom. The van der Waals surface area contributed by atoms with E-state index in [1.54, 1.807) is 0 Å². The van der Waals surface area contributed by atoms with Crippen molar-refractivity contribution in [3.63, 3.8) is 0 Å². The Kier molecular flexibility index (Phi) is 2.65. The molecule has 0 aromatic rings. The fourth-order valence-corrected chi connectivity index (χ4v) is 4.70. The van der Waals surface area contributed by atoms with Gasteiger partial charge < -0.3 is 0 Å². The summed E-state index contributed by atoms with van der Waals surface area (Å²) in [5.41, 5.74) is 5.27. The maximum Gasteiger partial charge on any atom is 0.184 e. The monoisotopic (exact) mass is 299 g/mol. The molecule has 0 amide bonds. The zero-order valence-corrected chi connectivity index (χ0v) is 13.1. The quantitative estimate of drug-likeness (QED) is 0.639. The molecule has 0 aromatic carbocycles. The molecule has 5 bridgehead atoms. The van der Waals surface area contributed by atoms with Crippen LogP contribution in [-0.2, 0) is 0 Å². The summed E-state index contributed by atoms with van der Waals surface area (Å²) in [5, 5.41) is 10.4. The number of nitriles is 1. The maximum absolute atomic E-state index is 9.62. The number of rotatable bonds is 0. The van der Waals surface area contributed by atoms with Gasteiger partial charge in [-0.2, -0.15) is 5.26 Å². The lowest BCUT2D eigenvalue weighted by atomic mass is 9.66. The van der Waals surface area contributed by atoms with Crippen molar-refractivity contribution in [1.82, 2.24) is 4.90 Å². The van der Waals surface area contributed by atoms with Crippen LogP contribution in [0, 0.1) is 22.8 Å². The Labute approximate surface area is 130 Å². The molecule has 0 spiro atoms. The van der Waals surface area contributed by atoms with Crippen LogP contribution in [0.2, 0.25) is 0 Å². The van der Waals surface area contributed by atoms with Crippen molar-refractivity contribution in [3.05, 3.63) is 33.5 Å². The van der Waals surface area contributed by atoms with E-state index in [-0.39, 0.29) is 11.5 Å². The molecule has 0 aromatic heterocycles. The highest BCUT2D eigenvalue weighted by molar-refractivity contribution is 6.30. The first-order chi connectivity index (χ1) is 10.1. The van der Waals surface area contributed by atoms with E-state index < -0.39 is 0 Å². The fraction of sp³-hybridized carbons (Fsp3) is 0.529. The second-order valence-corrected chi connectivity index (χ2v) is 7.18. The molecular formula is C17H18ClN3. The first-order valence-electron chi connectivity index (χ1n) is 7.58. The van der Waals surface area contributed by atoms with E-state index in [1.807, 2.05) is 4.90 Å². The van der Waals surface area contributed by atoms with Crippen molar-refractivity contribution in [3.8, 4) is 6.19 Å². The van der Waals surface area contributed by atoms with Gasteiger partial charge in [0, 0.05) is 22.4 Å². The normalized spacial score (nSPS) is 37.2. The first kappa shape index (κ1) is 13.2. The smallest absolute Gasteiger partial charge is 0.184 e. The maximum atomic E-state index is 9.62. The molecule has 0 saturated heterocycles. The number of halogens is 1. The molecule has 108 valence electrons. The predicted octanol–water partition coefficient (Wildman–Crippen LogP) is 3.75. The average molecular weight is 300 g/mol. The predicted molar refractivity (Wildman–Crippen MR) is 83.7 cm³/mol. The Morgan fingerprint density at radius 1 is 1.48 bits per heavy atom. The highest BCUT2D eigenvalue weighted by Gasteiger charge is 2.51. The highest BCUT2D eigenvalue weighted by Crippen LogP contribution is 2.56. The van der Waals surface area contributed by atoms with E-state index in [0.717, 1.165) is 24.3 Å². The van der Waals surface area contributed by atoms with Gasteiger partial charge in [-0.15, -0.1) is 0 Å². The lowest BCUT2D eigenvalue weighted by Crippen LogP contribution is -2.44. The number of hydrogen-bond donors (Lipinski definition) is 0. The van der Waals surface area contributed by atoms with Gasteiger partial charge in [-0.1, -0.05) is 31.0 Å². The number of likely N-dealkylation sites (tertiary alicyclic amines) is 1. The third kappa shape index (κ3) is 1.57. The van der Waals surface area contributed by atoms with E-state index in [2.05, 4.69) is 37.3 Å². The van der Waals surface area contributed by atoms with Gasteiger partial charge in [-0.3, -0.25) is 9.89 Å². The minimum atomic E-state index is -0.0725. The summed E-state index contributed by atoms with van der Waals surface area (Å²) >= 11 is 6.33. The van der Waals surface area contributed by atoms with Gasteiger partial charge in [0.15, 0.2) is 6.19 Å². The van der Waals surface area contributed by atoms with Crippen LogP contribution in [0.15, 0.2) is 38.5 Å². The largest absolute Gasteiger partial charge is 0.291 e. The molecule has 0 saturated carbocycles. The van der Waals surface area contributed by atoms with Crippen molar-refractivity contribution < 1.29 is 0 Å². The molecule has 2 aliphatic carbocycles. The zero-order valence-electron chi connectivity index (χ0n) is 12.4. The molecule has 0 N–H and O–H groups in total. The number of fused-ring (bicyclic) bond motifs is 1. The van der Waals surface area contributed by atoms with Gasteiger partial charge in [0.2, 0.25) is 0 Å². The average Bonchev–Trinajstić information content (AvgIpc) is 2.81. The molecule has 3 unspecified atom stereocenters. The second kappa shape index (κ2) is 4.24. The third-order valence-corrected chi connectivity index (χ3v) is 6.06. The van der Waals surface area contributed by atoms with E-state index >= 15 is 0 Å². The van der Waals surface area contributed by atoms with Crippen LogP contribution >= 0.6 is 11.6 Å². The van der Waals surface area contributed by atoms with Crippen LogP contribution < -0.4 is 0 Å². The van der Waals surface area contributed by atoms with Crippen LogP contribution in [0.5, 0.6) is 0 Å². The Hall–Kier alpha value is -1.53. The van der Waals surface area contributed by atoms with Gasteiger partial charge in [0.05, 0.1) is 12.6 Å². The second-order valence-electron chi connectivity index (χ2n) is 6.69. The molecule has 0 radical (unpaired) electrons. The van der Waals surface area contributed by atoms with Crippen molar-refractivity contribution >= 4 is 17.8 Å². The lowest BCUT2D eigenvalue weighted by Gasteiger charge is -2.44. The fourth-order valence-electron chi connectivity index (χ4n) is 4.52. The minimum absolute atomic E-state index is 0.0725. The molecule has 3 nitrogen and oxygen atoms in total. The summed E-state index contributed by atoms with van der Waals surface area (Å²) in [4.78, 5) is 6.53. The van der Waals surface area contributed by atoms with Gasteiger partial charge >= 0.3 is 0 Å². The Bertz CT molecular complexity index is 691. The third-order valence-electron chi connectivity index (χ3n) is 5.83. The summed E-state index contributed by atoms with van der Waals surface area (Å²) in [6.07, 6.45) is 9.58. The number of hydrogen-bond acceptors (Lipinski definition) is 3. The molecule has 2 heterocycles. The number of nitrogens with zero attached hydrogens (tertiary/aromatic N) is 3. The van der Waals surface area contributed by atoms with Crippen LogP contribution in [0.3, 0.4) is 0 Å². The summed E-state index contributed by atoms with van der Waals surface area (Å²) < 4.78 is 0. The SMILES string of the molecule is CC1C2CC3=C(CCC4=C3C=C(Cl)CN=CC41C)N2C#N. The van der Waals surface area contributed by atoms with E-state index in [1.165, 1.54) is 22.4 Å². The van der Waals surface area contributed by atoms with Gasteiger partial charge in [0.25, 0.3) is 0 Å². The van der Waals surface area contributed by atoms with Crippen molar-refractivity contribution in [2.45, 2.75) is 39.2 Å². The zero-order chi connectivity index (χ0) is 14.8. The molecule has 3 atom stereocenters. The minimum Gasteiger partial charge on any atom is -0.291 e. The Balaban J connectivity index is 2.05. The summed E-state index contributed by atoms with van der Waals surface area (Å²) in [6, 6.07) is 0.259. The highest BCUT2D eigenvalue weighted by atomic mass is 35.5. The lowest BCUT2D eigenvalue weighted by molar-refractivity contribution is 0.198. The van der Waals surface area contributed by atoms with Crippen LogP contribution in [0.1, 0.15) is 33.1 Å². The molecule has 0 fully saturated rings. The summed E-state index contributed by atoms with van der Waals surface area (Å²) in [5.74, 6) is 0.367. The molecule has 4 rings (SSSR count). The van der Waals surface area contributed by atoms with Crippen LogP contribution in [-0.4, -0.2) is 23.7 Å². The number of aliphatic imine (C=N–C) groups is 1. The summed E-state index contributed by atoms with van der Waals surface area (Å²) in [7, 11) is 0. The van der Waals surface area contributed by atoms with E-state index in [9.17, 15) is 5.26 Å². The van der Waals surface area contributed by atoms with Crippen molar-refractivity contribution in [1.29, 1.82) is 5.26 Å². The first-order valence-corrected chi connectivity index (χ1v) is 7.96. The standard InChI is InChI=1S/C17H18ClN3/c1-10-16-6-13-12-5-11(18)7-20-8-17(10,2)14(12)3-4-15(13)21(16)9-19/h5,8,10,16H,3-4,6-7H2,1-2H3. The molecule has 4 heteroatoms. The summed E-state index contributed by atoms with van der Waals surface area (Å²) in [6.45, 7) is 5.12.